The second-order valence-electron chi connectivity index (χ2n) is 6.15. The number of nitrogens with one attached hydrogen (secondary N) is 2. The molecule has 6 nitrogen and oxygen atoms in total. The van der Waals surface area contributed by atoms with Gasteiger partial charge < -0.3 is 20.1 Å². The zero-order chi connectivity index (χ0) is 19.1. The van der Waals surface area contributed by atoms with E-state index < -0.39 is 0 Å². The molecule has 0 saturated heterocycles. The quantitative estimate of drug-likeness (QED) is 0.320. The van der Waals surface area contributed by atoms with Crippen LogP contribution in [0.1, 0.15) is 23.2 Å². The van der Waals surface area contributed by atoms with Gasteiger partial charge in [-0.1, -0.05) is 11.6 Å². The number of thiazole rings is 1. The van der Waals surface area contributed by atoms with Gasteiger partial charge in [0, 0.05) is 31.4 Å². The summed E-state index contributed by atoms with van der Waals surface area (Å²) in [7, 11) is 0. The number of rotatable bonds is 7. The van der Waals surface area contributed by atoms with Crippen LogP contribution in [0.15, 0.2) is 22.5 Å². The highest BCUT2D eigenvalue weighted by atomic mass is 127. The fraction of sp³-hybridized carbons (Fsp3) is 0.474. The third-order valence-electron chi connectivity index (χ3n) is 4.01. The van der Waals surface area contributed by atoms with Gasteiger partial charge in [0.15, 0.2) is 17.5 Å². The van der Waals surface area contributed by atoms with Crippen molar-refractivity contribution in [2.45, 2.75) is 26.7 Å². The first-order valence-electron chi connectivity index (χ1n) is 9.17. The van der Waals surface area contributed by atoms with Crippen molar-refractivity contribution in [2.24, 2.45) is 4.99 Å². The number of hydrogen-bond acceptors (Lipinski definition) is 5. The van der Waals surface area contributed by atoms with Crippen LogP contribution in [0, 0.1) is 6.92 Å². The first-order chi connectivity index (χ1) is 13.2. The topological polar surface area (TPSA) is 67.8 Å². The number of fused-ring (bicyclic) bond motifs is 1. The zero-order valence-electron chi connectivity index (χ0n) is 16.1. The average molecular weight is 537 g/mol. The van der Waals surface area contributed by atoms with Gasteiger partial charge in [0.1, 0.15) is 13.2 Å². The summed E-state index contributed by atoms with van der Waals surface area (Å²) in [6, 6.07) is 3.93. The molecule has 1 aliphatic heterocycles. The molecule has 2 aromatic rings. The first kappa shape index (κ1) is 23.0. The molecule has 0 radical (unpaired) electrons. The number of halogens is 2. The molecule has 3 rings (SSSR count). The van der Waals surface area contributed by atoms with Crippen molar-refractivity contribution in [3.05, 3.63) is 38.8 Å². The van der Waals surface area contributed by atoms with Gasteiger partial charge in [-0.3, -0.25) is 4.99 Å². The molecule has 0 unspecified atom stereocenters. The van der Waals surface area contributed by atoms with Crippen molar-refractivity contribution in [3.8, 4) is 11.5 Å². The van der Waals surface area contributed by atoms with Gasteiger partial charge in [-0.15, -0.1) is 35.3 Å². The van der Waals surface area contributed by atoms with Gasteiger partial charge in [-0.05, 0) is 38.0 Å². The molecule has 9 heteroatoms. The lowest BCUT2D eigenvalue weighted by Gasteiger charge is -2.20. The highest BCUT2D eigenvalue weighted by Crippen LogP contribution is 2.38. The van der Waals surface area contributed by atoms with Crippen LogP contribution in [-0.2, 0) is 12.8 Å². The van der Waals surface area contributed by atoms with E-state index in [1.165, 1.54) is 0 Å². The number of guanidine groups is 1. The second kappa shape index (κ2) is 11.7. The molecule has 0 atom stereocenters. The highest BCUT2D eigenvalue weighted by Gasteiger charge is 2.16. The van der Waals surface area contributed by atoms with Gasteiger partial charge in [0.05, 0.1) is 15.7 Å². The van der Waals surface area contributed by atoms with Crippen LogP contribution in [0.25, 0.3) is 0 Å². The maximum Gasteiger partial charge on any atom is 0.191 e. The van der Waals surface area contributed by atoms with Gasteiger partial charge in [-0.25, -0.2) is 4.98 Å². The maximum atomic E-state index is 6.30. The summed E-state index contributed by atoms with van der Waals surface area (Å²) in [6.45, 7) is 7.44. The second-order valence-corrected chi connectivity index (χ2v) is 7.62. The van der Waals surface area contributed by atoms with Crippen LogP contribution in [0.4, 0.5) is 0 Å². The van der Waals surface area contributed by atoms with Crippen LogP contribution in [0.5, 0.6) is 11.5 Å². The normalized spacial score (nSPS) is 13.0. The van der Waals surface area contributed by atoms with E-state index in [2.05, 4.69) is 32.9 Å². The van der Waals surface area contributed by atoms with Crippen LogP contribution < -0.4 is 20.1 Å². The Kier molecular flexibility index (Phi) is 9.60. The Morgan fingerprint density at radius 2 is 2.07 bits per heavy atom. The molecular formula is C19H26ClIN4O2S. The number of aryl methyl sites for hydroxylation is 1. The number of ether oxygens (including phenoxy) is 2. The number of benzene rings is 1. The van der Waals surface area contributed by atoms with Crippen LogP contribution in [0.3, 0.4) is 0 Å². The Morgan fingerprint density at radius 3 is 2.82 bits per heavy atom. The van der Waals surface area contributed by atoms with Gasteiger partial charge >= 0.3 is 0 Å². The van der Waals surface area contributed by atoms with E-state index in [4.69, 9.17) is 21.1 Å². The molecule has 0 bridgehead atoms. The molecule has 1 aromatic carbocycles. The maximum absolute atomic E-state index is 6.30. The number of nitrogens with zero attached hydrogens (tertiary/aromatic N) is 2. The van der Waals surface area contributed by atoms with E-state index >= 15 is 0 Å². The lowest BCUT2D eigenvalue weighted by Crippen LogP contribution is -2.38. The van der Waals surface area contributed by atoms with Crippen LogP contribution >= 0.6 is 46.9 Å². The summed E-state index contributed by atoms with van der Waals surface area (Å²) >= 11 is 7.98. The Hall–Kier alpha value is -1.26. The summed E-state index contributed by atoms with van der Waals surface area (Å²) in [6.07, 6.45) is 1.66. The van der Waals surface area contributed by atoms with E-state index in [-0.39, 0.29) is 24.0 Å². The minimum atomic E-state index is 0. The molecule has 28 heavy (non-hydrogen) atoms. The molecule has 0 spiro atoms. The standard InChI is InChI=1S/C19H25ClN4O2S.HI/c1-3-21-19(23-7-5-15-12-27-13(2)24-15)22-6-4-14-10-16(20)18-17(11-14)25-8-9-26-18;/h10-12H,3-9H2,1-2H3,(H2,21,22,23);1H. The van der Waals surface area contributed by atoms with Crippen molar-refractivity contribution in [3.63, 3.8) is 0 Å². The molecule has 1 aromatic heterocycles. The molecule has 0 aliphatic carbocycles. The first-order valence-corrected chi connectivity index (χ1v) is 10.4. The van der Waals surface area contributed by atoms with E-state index in [0.717, 1.165) is 53.9 Å². The van der Waals surface area contributed by atoms with E-state index in [9.17, 15) is 0 Å². The molecule has 0 saturated carbocycles. The summed E-state index contributed by atoms with van der Waals surface area (Å²) < 4.78 is 11.2. The molecule has 2 N–H and O–H groups in total. The predicted molar refractivity (Wildman–Crippen MR) is 126 cm³/mol. The van der Waals surface area contributed by atoms with Gasteiger partial charge in [-0.2, -0.15) is 0 Å². The van der Waals surface area contributed by atoms with Gasteiger partial charge in [0.25, 0.3) is 0 Å². The summed E-state index contributed by atoms with van der Waals surface area (Å²) in [5.41, 5.74) is 2.20. The van der Waals surface area contributed by atoms with Crippen LogP contribution in [0.2, 0.25) is 5.02 Å². The Bertz CT molecular complexity index is 800. The number of aliphatic imine (C=N–C) groups is 1. The molecule has 1 aliphatic rings. The van der Waals surface area contributed by atoms with Crippen molar-refractivity contribution >= 4 is 52.9 Å². The summed E-state index contributed by atoms with van der Waals surface area (Å²) in [5.74, 6) is 2.18. The molecule has 0 amide bonds. The predicted octanol–water partition coefficient (Wildman–Crippen LogP) is 3.83. The Labute approximate surface area is 192 Å². The monoisotopic (exact) mass is 536 g/mol. The number of aromatic nitrogens is 1. The minimum Gasteiger partial charge on any atom is -0.486 e. The zero-order valence-corrected chi connectivity index (χ0v) is 20.0. The largest absolute Gasteiger partial charge is 0.486 e. The Balaban J connectivity index is 0.00000280. The SMILES string of the molecule is CCNC(=NCCc1csc(C)n1)NCCc1cc(Cl)c2c(c1)OCCO2.I. The van der Waals surface area contributed by atoms with E-state index in [1.807, 2.05) is 19.1 Å². The molecule has 2 heterocycles. The summed E-state index contributed by atoms with van der Waals surface area (Å²) in [4.78, 5) is 9.10. The van der Waals surface area contributed by atoms with E-state index in [1.54, 1.807) is 11.3 Å². The molecule has 0 fully saturated rings. The lowest BCUT2D eigenvalue weighted by molar-refractivity contribution is 0.171. The van der Waals surface area contributed by atoms with E-state index in [0.29, 0.717) is 30.5 Å². The molecular weight excluding hydrogens is 511 g/mol. The number of hydrogen-bond donors (Lipinski definition) is 2. The van der Waals surface area contributed by atoms with Crippen molar-refractivity contribution in [1.29, 1.82) is 0 Å². The lowest BCUT2D eigenvalue weighted by atomic mass is 10.1. The van der Waals surface area contributed by atoms with Gasteiger partial charge in [0.2, 0.25) is 0 Å². The van der Waals surface area contributed by atoms with Crippen LogP contribution in [-0.4, -0.2) is 43.8 Å². The van der Waals surface area contributed by atoms with Crippen molar-refractivity contribution in [1.82, 2.24) is 15.6 Å². The van der Waals surface area contributed by atoms with Crippen molar-refractivity contribution in [2.75, 3.05) is 32.8 Å². The molecule has 154 valence electrons. The third kappa shape index (κ3) is 6.66. The smallest absolute Gasteiger partial charge is 0.191 e. The summed E-state index contributed by atoms with van der Waals surface area (Å²) in [5, 5.41) is 10.4. The fourth-order valence-electron chi connectivity index (χ4n) is 2.78. The Morgan fingerprint density at radius 1 is 1.25 bits per heavy atom. The average Bonchev–Trinajstić information content (AvgIpc) is 3.07. The highest BCUT2D eigenvalue weighted by molar-refractivity contribution is 14.0. The fourth-order valence-corrected chi connectivity index (χ4v) is 3.72. The van der Waals surface area contributed by atoms with Crippen molar-refractivity contribution < 1.29 is 9.47 Å². The third-order valence-corrected chi connectivity index (χ3v) is 5.11. The minimum absolute atomic E-state index is 0.